The van der Waals surface area contributed by atoms with Crippen molar-refractivity contribution < 1.29 is 9.72 Å². The Morgan fingerprint density at radius 2 is 1.96 bits per heavy atom. The van der Waals surface area contributed by atoms with Crippen LogP contribution in [0.3, 0.4) is 0 Å². The van der Waals surface area contributed by atoms with Crippen molar-refractivity contribution >= 4 is 11.6 Å². The Kier molecular flexibility index (Phi) is 5.30. The van der Waals surface area contributed by atoms with Crippen LogP contribution in [0.5, 0.6) is 0 Å². The largest absolute Gasteiger partial charge is 0.332 e. The van der Waals surface area contributed by atoms with E-state index in [0.29, 0.717) is 12.2 Å². The van der Waals surface area contributed by atoms with E-state index in [2.05, 4.69) is 4.98 Å². The van der Waals surface area contributed by atoms with Gasteiger partial charge < -0.3 is 9.47 Å². The molecule has 1 amide bonds. The molecule has 2 aromatic carbocycles. The number of carbonyl (C=O) groups excluding carboxylic acids is 1. The molecule has 0 spiro atoms. The lowest BCUT2D eigenvalue weighted by Crippen LogP contribution is -2.36. The Hall–Kier alpha value is -3.48. The van der Waals surface area contributed by atoms with Crippen LogP contribution in [0.4, 0.5) is 5.69 Å². The second-order valence-corrected chi connectivity index (χ2v) is 6.44. The van der Waals surface area contributed by atoms with Crippen LogP contribution in [0, 0.1) is 10.1 Å². The standard InChI is InChI=1S/C20H20N4O3/c1-15(2)23(13-16-6-4-3-5-7-16)20(25)17-8-9-18(19(12-17)24(26)27)22-11-10-21-14-22/h3-12,14-15H,13H2,1-2H3. The Morgan fingerprint density at radius 1 is 1.22 bits per heavy atom. The molecule has 27 heavy (non-hydrogen) atoms. The van der Waals surface area contributed by atoms with Gasteiger partial charge >= 0.3 is 0 Å². The maximum atomic E-state index is 13.0. The highest BCUT2D eigenvalue weighted by molar-refractivity contribution is 5.95. The van der Waals surface area contributed by atoms with E-state index in [4.69, 9.17) is 0 Å². The first-order valence-corrected chi connectivity index (χ1v) is 8.59. The number of benzene rings is 2. The van der Waals surface area contributed by atoms with E-state index in [0.717, 1.165) is 5.56 Å². The Balaban J connectivity index is 1.95. The number of imidazole rings is 1. The zero-order chi connectivity index (χ0) is 19.4. The van der Waals surface area contributed by atoms with Crippen LogP contribution >= 0.6 is 0 Å². The number of nitrogens with zero attached hydrogens (tertiary/aromatic N) is 4. The predicted molar refractivity (Wildman–Crippen MR) is 102 cm³/mol. The summed E-state index contributed by atoms with van der Waals surface area (Å²) in [5, 5.41) is 11.5. The summed E-state index contributed by atoms with van der Waals surface area (Å²) >= 11 is 0. The zero-order valence-corrected chi connectivity index (χ0v) is 15.1. The third kappa shape index (κ3) is 4.03. The van der Waals surface area contributed by atoms with E-state index in [9.17, 15) is 14.9 Å². The average Bonchev–Trinajstić information content (AvgIpc) is 3.20. The quantitative estimate of drug-likeness (QED) is 0.492. The maximum absolute atomic E-state index is 13.0. The van der Waals surface area contributed by atoms with Gasteiger partial charge in [-0.1, -0.05) is 30.3 Å². The third-order valence-electron chi connectivity index (χ3n) is 4.28. The van der Waals surface area contributed by atoms with Gasteiger partial charge in [-0.05, 0) is 31.5 Å². The predicted octanol–water partition coefficient (Wildman–Crippen LogP) is 3.83. The van der Waals surface area contributed by atoms with Crippen LogP contribution in [-0.2, 0) is 6.54 Å². The van der Waals surface area contributed by atoms with Crippen molar-refractivity contribution in [1.82, 2.24) is 14.5 Å². The molecule has 0 saturated heterocycles. The minimum Gasteiger partial charge on any atom is -0.332 e. The molecule has 0 N–H and O–H groups in total. The summed E-state index contributed by atoms with van der Waals surface area (Å²) in [6.45, 7) is 4.29. The Morgan fingerprint density at radius 3 is 2.56 bits per heavy atom. The van der Waals surface area contributed by atoms with Crippen LogP contribution in [-0.4, -0.2) is 31.3 Å². The van der Waals surface area contributed by atoms with E-state index in [1.165, 1.54) is 12.4 Å². The van der Waals surface area contributed by atoms with Gasteiger partial charge in [-0.15, -0.1) is 0 Å². The highest BCUT2D eigenvalue weighted by atomic mass is 16.6. The molecule has 0 aliphatic carbocycles. The molecule has 7 nitrogen and oxygen atoms in total. The fourth-order valence-electron chi connectivity index (χ4n) is 2.86. The number of hydrogen-bond acceptors (Lipinski definition) is 4. The van der Waals surface area contributed by atoms with E-state index < -0.39 is 4.92 Å². The van der Waals surface area contributed by atoms with E-state index in [-0.39, 0.29) is 23.2 Å². The molecule has 7 heteroatoms. The number of nitro benzene ring substituents is 1. The molecule has 1 aromatic heterocycles. The highest BCUT2D eigenvalue weighted by Gasteiger charge is 2.23. The second kappa shape index (κ2) is 7.82. The molecule has 3 rings (SSSR count). The fourth-order valence-corrected chi connectivity index (χ4v) is 2.86. The second-order valence-electron chi connectivity index (χ2n) is 6.44. The number of hydrogen-bond donors (Lipinski definition) is 0. The van der Waals surface area contributed by atoms with Crippen molar-refractivity contribution in [2.75, 3.05) is 0 Å². The SMILES string of the molecule is CC(C)N(Cc1ccccc1)C(=O)c1ccc(-n2ccnc2)c([N+](=O)[O-])c1. The van der Waals surface area contributed by atoms with Gasteiger partial charge in [-0.2, -0.15) is 0 Å². The van der Waals surface area contributed by atoms with Crippen molar-refractivity contribution in [3.63, 3.8) is 0 Å². The Bertz CT molecular complexity index is 937. The minimum atomic E-state index is -0.483. The number of aromatic nitrogens is 2. The van der Waals surface area contributed by atoms with Crippen molar-refractivity contribution in [3.8, 4) is 5.69 Å². The van der Waals surface area contributed by atoms with Gasteiger partial charge in [-0.25, -0.2) is 4.98 Å². The van der Waals surface area contributed by atoms with E-state index in [1.54, 1.807) is 34.0 Å². The van der Waals surface area contributed by atoms with Crippen molar-refractivity contribution in [2.45, 2.75) is 26.4 Å². The van der Waals surface area contributed by atoms with Crippen LogP contribution < -0.4 is 0 Å². The fraction of sp³-hybridized carbons (Fsp3) is 0.200. The number of amides is 1. The minimum absolute atomic E-state index is 0.0508. The van der Waals surface area contributed by atoms with Crippen molar-refractivity contribution in [3.05, 3.63) is 88.5 Å². The summed E-state index contributed by atoms with van der Waals surface area (Å²) < 4.78 is 1.55. The van der Waals surface area contributed by atoms with Gasteiger partial charge in [-0.3, -0.25) is 14.9 Å². The van der Waals surface area contributed by atoms with Gasteiger partial charge in [0.05, 0.1) is 11.3 Å². The first-order valence-electron chi connectivity index (χ1n) is 8.59. The molecule has 138 valence electrons. The van der Waals surface area contributed by atoms with Gasteiger partial charge in [0, 0.05) is 36.6 Å². The molecule has 0 bridgehead atoms. The van der Waals surface area contributed by atoms with Gasteiger partial charge in [0.2, 0.25) is 0 Å². The molecule has 0 aliphatic heterocycles. The molecule has 0 saturated carbocycles. The van der Waals surface area contributed by atoms with E-state index in [1.807, 2.05) is 44.2 Å². The summed E-state index contributed by atoms with van der Waals surface area (Å²) in [4.78, 5) is 29.7. The average molecular weight is 364 g/mol. The molecule has 3 aromatic rings. The molecule has 0 aliphatic rings. The van der Waals surface area contributed by atoms with Crippen LogP contribution in [0.25, 0.3) is 5.69 Å². The summed E-state index contributed by atoms with van der Waals surface area (Å²) in [5.74, 6) is -0.242. The Labute approximate surface area is 157 Å². The molecule has 1 heterocycles. The molecule has 0 unspecified atom stereocenters. The smallest absolute Gasteiger partial charge is 0.294 e. The number of nitro groups is 1. The first kappa shape index (κ1) is 18.3. The maximum Gasteiger partial charge on any atom is 0.294 e. The summed E-state index contributed by atoms with van der Waals surface area (Å²) in [6.07, 6.45) is 4.66. The normalized spacial score (nSPS) is 10.8. The van der Waals surface area contributed by atoms with Gasteiger partial charge in [0.25, 0.3) is 11.6 Å². The monoisotopic (exact) mass is 364 g/mol. The summed E-state index contributed by atoms with van der Waals surface area (Å²) in [7, 11) is 0. The lowest BCUT2D eigenvalue weighted by atomic mass is 10.1. The van der Waals surface area contributed by atoms with E-state index >= 15 is 0 Å². The number of rotatable bonds is 6. The zero-order valence-electron chi connectivity index (χ0n) is 15.1. The van der Waals surface area contributed by atoms with Crippen LogP contribution in [0.2, 0.25) is 0 Å². The lowest BCUT2D eigenvalue weighted by Gasteiger charge is -2.27. The topological polar surface area (TPSA) is 81.3 Å². The summed E-state index contributed by atoms with van der Waals surface area (Å²) in [6, 6.07) is 14.1. The number of carbonyl (C=O) groups is 1. The molecule has 0 atom stereocenters. The van der Waals surface area contributed by atoms with Gasteiger partial charge in [0.1, 0.15) is 5.69 Å². The molecule has 0 fully saturated rings. The van der Waals surface area contributed by atoms with Crippen molar-refractivity contribution in [2.24, 2.45) is 0 Å². The molecular formula is C20H20N4O3. The van der Waals surface area contributed by atoms with Crippen LogP contribution in [0.1, 0.15) is 29.8 Å². The highest BCUT2D eigenvalue weighted by Crippen LogP contribution is 2.25. The van der Waals surface area contributed by atoms with Crippen LogP contribution in [0.15, 0.2) is 67.3 Å². The molecule has 0 radical (unpaired) electrons. The summed E-state index contributed by atoms with van der Waals surface area (Å²) in [5.41, 5.74) is 1.52. The first-order chi connectivity index (χ1) is 13.0. The lowest BCUT2D eigenvalue weighted by molar-refractivity contribution is -0.384. The molecular weight excluding hydrogens is 344 g/mol. The van der Waals surface area contributed by atoms with Gasteiger partial charge in [0.15, 0.2) is 0 Å². The third-order valence-corrected chi connectivity index (χ3v) is 4.28. The van der Waals surface area contributed by atoms with Crippen molar-refractivity contribution in [1.29, 1.82) is 0 Å².